The number of nitrogens with one attached hydrogen (secondary N) is 1. The third kappa shape index (κ3) is 4.17. The first kappa shape index (κ1) is 21.4. The van der Waals surface area contributed by atoms with Crippen molar-refractivity contribution >= 4 is 40.4 Å². The molecule has 1 aliphatic rings. The minimum absolute atomic E-state index is 0.211. The lowest BCUT2D eigenvalue weighted by Gasteiger charge is -2.37. The molecule has 0 fully saturated rings. The van der Waals surface area contributed by atoms with Gasteiger partial charge in [0.15, 0.2) is 5.11 Å². The Morgan fingerprint density at radius 2 is 1.61 bits per heavy atom. The second-order valence-electron chi connectivity index (χ2n) is 7.61. The summed E-state index contributed by atoms with van der Waals surface area (Å²) in [5.41, 5.74) is 4.82. The highest BCUT2D eigenvalue weighted by molar-refractivity contribution is 7.98. The second-order valence-corrected chi connectivity index (χ2v) is 8.88. The third-order valence-electron chi connectivity index (χ3n) is 5.64. The summed E-state index contributed by atoms with van der Waals surface area (Å²) in [5, 5.41) is 8.41. The lowest BCUT2D eigenvalue weighted by atomic mass is 9.94. The number of rotatable bonds is 5. The highest BCUT2D eigenvalue weighted by Gasteiger charge is 2.34. The maximum Gasteiger partial charge on any atom is 0.258 e. The highest BCUT2D eigenvalue weighted by Crippen LogP contribution is 2.39. The van der Waals surface area contributed by atoms with Crippen molar-refractivity contribution in [1.29, 1.82) is 0 Å². The van der Waals surface area contributed by atoms with Gasteiger partial charge in [-0.3, -0.25) is 4.90 Å². The number of hydrogen-bond donors (Lipinski definition) is 1. The van der Waals surface area contributed by atoms with E-state index in [-0.39, 0.29) is 6.04 Å². The Morgan fingerprint density at radius 1 is 0.939 bits per heavy atom. The van der Waals surface area contributed by atoms with E-state index >= 15 is 0 Å². The summed E-state index contributed by atoms with van der Waals surface area (Å²) in [6.07, 6.45) is 2.07. The van der Waals surface area contributed by atoms with Crippen molar-refractivity contribution in [1.82, 2.24) is 15.5 Å². The summed E-state index contributed by atoms with van der Waals surface area (Å²) in [5.74, 6) is 1.03. The minimum Gasteiger partial charge on any atom is -0.351 e. The summed E-state index contributed by atoms with van der Waals surface area (Å²) in [7, 11) is 0. The van der Waals surface area contributed by atoms with Crippen LogP contribution in [0.25, 0.3) is 17.0 Å². The summed E-state index contributed by atoms with van der Waals surface area (Å²) < 4.78 is 5.81. The van der Waals surface area contributed by atoms with Gasteiger partial charge in [0.25, 0.3) is 5.89 Å². The number of anilines is 1. The number of para-hydroxylation sites is 1. The first-order valence-corrected chi connectivity index (χ1v) is 12.2. The Balaban J connectivity index is 1.64. The Hall–Kier alpha value is -3.42. The zero-order valence-corrected chi connectivity index (χ0v) is 19.9. The lowest BCUT2D eigenvalue weighted by Crippen LogP contribution is -2.46. The maximum atomic E-state index is 5.81. The first-order valence-electron chi connectivity index (χ1n) is 10.6. The molecular formula is C26H22N4OS2. The van der Waals surface area contributed by atoms with Crippen molar-refractivity contribution in [2.24, 2.45) is 0 Å². The largest absolute Gasteiger partial charge is 0.351 e. The van der Waals surface area contributed by atoms with Crippen molar-refractivity contribution in [3.05, 3.63) is 102 Å². The Kier molecular flexibility index (Phi) is 5.98. The molecule has 1 aromatic heterocycles. The van der Waals surface area contributed by atoms with Gasteiger partial charge < -0.3 is 9.84 Å². The molecule has 5 rings (SSSR count). The van der Waals surface area contributed by atoms with Crippen LogP contribution in [0.5, 0.6) is 0 Å². The summed E-state index contributed by atoms with van der Waals surface area (Å²) >= 11 is 7.52. The number of thiocarbonyl (C=S) groups is 1. The van der Waals surface area contributed by atoms with Gasteiger partial charge in [0.05, 0.1) is 11.6 Å². The van der Waals surface area contributed by atoms with Gasteiger partial charge in [-0.15, -0.1) is 11.8 Å². The molecule has 7 heteroatoms. The molecule has 1 unspecified atom stereocenters. The van der Waals surface area contributed by atoms with Crippen LogP contribution in [0.4, 0.5) is 5.69 Å². The summed E-state index contributed by atoms with van der Waals surface area (Å²) in [6.45, 7) is 2.05. The molecule has 1 N–H and O–H groups in total. The summed E-state index contributed by atoms with van der Waals surface area (Å²) in [6, 6.07) is 28.1. The van der Waals surface area contributed by atoms with Crippen molar-refractivity contribution in [3.63, 3.8) is 0 Å². The minimum atomic E-state index is -0.211. The average molecular weight is 471 g/mol. The highest BCUT2D eigenvalue weighted by atomic mass is 32.2. The molecule has 0 spiro atoms. The van der Waals surface area contributed by atoms with Gasteiger partial charge in [-0.05, 0) is 55.2 Å². The fourth-order valence-electron chi connectivity index (χ4n) is 3.99. The van der Waals surface area contributed by atoms with Crippen LogP contribution in [-0.2, 0) is 0 Å². The quantitative estimate of drug-likeness (QED) is 0.270. The molecule has 1 atom stereocenters. The predicted molar refractivity (Wildman–Crippen MR) is 138 cm³/mol. The van der Waals surface area contributed by atoms with Crippen LogP contribution >= 0.6 is 24.0 Å². The van der Waals surface area contributed by atoms with Crippen molar-refractivity contribution < 1.29 is 4.52 Å². The predicted octanol–water partition coefficient (Wildman–Crippen LogP) is 6.33. The topological polar surface area (TPSA) is 54.2 Å². The average Bonchev–Trinajstić information content (AvgIpc) is 3.35. The standard InChI is InChI=1S/C26H22N4OS2/c1-17-22(25-28-24(29-31-25)19-9-5-3-6-10-19)23(18-13-15-21(33-2)16-14-18)27-26(32)30(17)20-11-7-4-8-12-20/h3-16,23H,1-2H3,(H,27,32). The molecule has 2 heterocycles. The van der Waals surface area contributed by atoms with Crippen LogP contribution in [0.2, 0.25) is 0 Å². The van der Waals surface area contributed by atoms with Crippen molar-refractivity contribution in [3.8, 4) is 11.4 Å². The molecule has 0 saturated heterocycles. The van der Waals surface area contributed by atoms with E-state index in [1.54, 1.807) is 11.8 Å². The lowest BCUT2D eigenvalue weighted by molar-refractivity contribution is 0.404. The fourth-order valence-corrected chi connectivity index (χ4v) is 4.76. The van der Waals surface area contributed by atoms with Gasteiger partial charge in [-0.2, -0.15) is 4.98 Å². The number of benzene rings is 3. The molecule has 33 heavy (non-hydrogen) atoms. The van der Waals surface area contributed by atoms with E-state index in [2.05, 4.69) is 41.0 Å². The Labute approximate surface area is 202 Å². The molecule has 0 bridgehead atoms. The first-order chi connectivity index (χ1) is 16.2. The Morgan fingerprint density at radius 3 is 2.27 bits per heavy atom. The molecule has 0 radical (unpaired) electrons. The maximum absolute atomic E-state index is 5.81. The van der Waals surface area contributed by atoms with Gasteiger partial charge in [0.2, 0.25) is 5.82 Å². The van der Waals surface area contributed by atoms with E-state index in [1.165, 1.54) is 4.90 Å². The second kappa shape index (κ2) is 9.21. The van der Waals surface area contributed by atoms with Crippen LogP contribution in [0, 0.1) is 0 Å². The van der Waals surface area contributed by atoms with Crippen LogP contribution in [-0.4, -0.2) is 21.5 Å². The van der Waals surface area contributed by atoms with Gasteiger partial charge in [0.1, 0.15) is 0 Å². The van der Waals surface area contributed by atoms with Gasteiger partial charge in [-0.1, -0.05) is 65.8 Å². The number of hydrogen-bond acceptors (Lipinski definition) is 5. The normalized spacial score (nSPS) is 16.1. The van der Waals surface area contributed by atoms with Gasteiger partial charge in [-0.25, -0.2) is 0 Å². The van der Waals surface area contributed by atoms with E-state index in [9.17, 15) is 0 Å². The van der Waals surface area contributed by atoms with Crippen LogP contribution in [0.15, 0.2) is 100 Å². The van der Waals surface area contributed by atoms with E-state index in [0.717, 1.165) is 28.1 Å². The van der Waals surface area contributed by atoms with Crippen LogP contribution in [0.3, 0.4) is 0 Å². The molecule has 0 aliphatic carbocycles. The van der Waals surface area contributed by atoms with Crippen molar-refractivity contribution in [2.45, 2.75) is 17.9 Å². The molecule has 5 nitrogen and oxygen atoms in total. The number of allylic oxidation sites excluding steroid dienone is 1. The molecular weight excluding hydrogens is 448 g/mol. The molecule has 1 aliphatic heterocycles. The molecule has 0 amide bonds. The zero-order valence-electron chi connectivity index (χ0n) is 18.2. The summed E-state index contributed by atoms with van der Waals surface area (Å²) in [4.78, 5) is 7.99. The van der Waals surface area contributed by atoms with Crippen LogP contribution < -0.4 is 10.2 Å². The van der Waals surface area contributed by atoms with Crippen LogP contribution in [0.1, 0.15) is 24.4 Å². The monoisotopic (exact) mass is 470 g/mol. The van der Waals surface area contributed by atoms with Gasteiger partial charge in [0, 0.05) is 21.8 Å². The van der Waals surface area contributed by atoms with Crippen molar-refractivity contribution in [2.75, 3.05) is 11.2 Å². The Bertz CT molecular complexity index is 1300. The third-order valence-corrected chi connectivity index (χ3v) is 6.68. The van der Waals surface area contributed by atoms with E-state index < -0.39 is 0 Å². The molecule has 164 valence electrons. The zero-order chi connectivity index (χ0) is 22.8. The molecule has 3 aromatic carbocycles. The smallest absolute Gasteiger partial charge is 0.258 e. The number of thioether (sulfide) groups is 1. The van der Waals surface area contributed by atoms with E-state index in [4.69, 9.17) is 21.7 Å². The number of nitrogens with zero attached hydrogens (tertiary/aromatic N) is 3. The molecule has 4 aromatic rings. The van der Waals surface area contributed by atoms with E-state index in [1.807, 2.05) is 72.5 Å². The SMILES string of the molecule is CSc1ccc(C2NC(=S)N(c3ccccc3)C(C)=C2c2nc(-c3ccccc3)no2)cc1. The molecule has 0 saturated carbocycles. The number of aromatic nitrogens is 2. The van der Waals surface area contributed by atoms with Gasteiger partial charge >= 0.3 is 0 Å². The van der Waals surface area contributed by atoms with E-state index in [0.29, 0.717) is 16.8 Å². The fraction of sp³-hybridized carbons (Fsp3) is 0.115.